The number of benzene rings is 1. The molecule has 0 spiro atoms. The zero-order valence-electron chi connectivity index (χ0n) is 10.9. The zero-order chi connectivity index (χ0) is 13.3. The van der Waals surface area contributed by atoms with Crippen LogP contribution in [-0.2, 0) is 6.42 Å². The summed E-state index contributed by atoms with van der Waals surface area (Å²) in [6.07, 6.45) is 2.61. The predicted molar refractivity (Wildman–Crippen MR) is 67.2 cm³/mol. The van der Waals surface area contributed by atoms with Gasteiger partial charge in [-0.2, -0.15) is 0 Å². The standard InChI is InChI=1S/C15H20F2O/c1-10-6-11(2)8-15(18,7-10)9-12-4-3-5-13(16)14(12)17/h3-5,10-11,18H,6-9H2,1-2H3. The number of rotatable bonds is 2. The molecule has 0 bridgehead atoms. The Morgan fingerprint density at radius 3 is 2.44 bits per heavy atom. The van der Waals surface area contributed by atoms with Gasteiger partial charge in [-0.05, 0) is 42.7 Å². The molecule has 1 aliphatic carbocycles. The van der Waals surface area contributed by atoms with Crippen molar-refractivity contribution < 1.29 is 13.9 Å². The molecule has 1 aromatic rings. The van der Waals surface area contributed by atoms with Crippen LogP contribution in [0.2, 0.25) is 0 Å². The van der Waals surface area contributed by atoms with Crippen LogP contribution in [0.1, 0.15) is 38.7 Å². The molecule has 1 aliphatic rings. The number of hydrogen-bond donors (Lipinski definition) is 1. The summed E-state index contributed by atoms with van der Waals surface area (Å²) in [6.45, 7) is 4.20. The normalized spacial score (nSPS) is 32.5. The summed E-state index contributed by atoms with van der Waals surface area (Å²) < 4.78 is 26.8. The predicted octanol–water partition coefficient (Wildman–Crippen LogP) is 3.69. The molecular weight excluding hydrogens is 234 g/mol. The first-order chi connectivity index (χ1) is 8.39. The third kappa shape index (κ3) is 2.89. The lowest BCUT2D eigenvalue weighted by Crippen LogP contribution is -2.40. The molecule has 3 heteroatoms. The van der Waals surface area contributed by atoms with E-state index in [1.54, 1.807) is 6.07 Å². The van der Waals surface area contributed by atoms with Crippen LogP contribution in [0.15, 0.2) is 18.2 Å². The highest BCUT2D eigenvalue weighted by Crippen LogP contribution is 2.38. The highest BCUT2D eigenvalue weighted by molar-refractivity contribution is 5.21. The summed E-state index contributed by atoms with van der Waals surface area (Å²) in [5.74, 6) is -0.810. The molecular formula is C15H20F2O. The van der Waals surface area contributed by atoms with E-state index in [-0.39, 0.29) is 12.0 Å². The van der Waals surface area contributed by atoms with E-state index in [1.165, 1.54) is 6.07 Å². The monoisotopic (exact) mass is 254 g/mol. The molecule has 1 aromatic carbocycles. The summed E-state index contributed by atoms with van der Waals surface area (Å²) in [6, 6.07) is 4.15. The van der Waals surface area contributed by atoms with Crippen LogP contribution in [-0.4, -0.2) is 10.7 Å². The molecule has 2 unspecified atom stereocenters. The van der Waals surface area contributed by atoms with Crippen molar-refractivity contribution in [3.8, 4) is 0 Å². The largest absolute Gasteiger partial charge is 0.390 e. The summed E-state index contributed by atoms with van der Waals surface area (Å²) in [5.41, 5.74) is -0.620. The molecule has 0 aliphatic heterocycles. The SMILES string of the molecule is CC1CC(C)CC(O)(Cc2cccc(F)c2F)C1. The lowest BCUT2D eigenvalue weighted by atomic mass is 9.71. The Balaban J connectivity index is 2.19. The minimum Gasteiger partial charge on any atom is -0.390 e. The van der Waals surface area contributed by atoms with E-state index in [0.717, 1.165) is 12.5 Å². The maximum Gasteiger partial charge on any atom is 0.162 e. The Morgan fingerprint density at radius 1 is 1.22 bits per heavy atom. The minimum atomic E-state index is -0.897. The van der Waals surface area contributed by atoms with Crippen LogP contribution in [0.3, 0.4) is 0 Å². The molecule has 100 valence electrons. The van der Waals surface area contributed by atoms with Crippen LogP contribution in [0.4, 0.5) is 8.78 Å². The average molecular weight is 254 g/mol. The number of halogens is 2. The number of hydrogen-bond acceptors (Lipinski definition) is 1. The first-order valence-corrected chi connectivity index (χ1v) is 6.55. The van der Waals surface area contributed by atoms with E-state index in [0.29, 0.717) is 24.7 Å². The van der Waals surface area contributed by atoms with E-state index in [1.807, 2.05) is 0 Å². The second kappa shape index (κ2) is 4.96. The molecule has 0 radical (unpaired) electrons. The Bertz CT molecular complexity index is 421. The topological polar surface area (TPSA) is 20.2 Å². The third-order valence-corrected chi connectivity index (χ3v) is 3.81. The van der Waals surface area contributed by atoms with Gasteiger partial charge in [-0.1, -0.05) is 26.0 Å². The lowest BCUT2D eigenvalue weighted by Gasteiger charge is -2.39. The van der Waals surface area contributed by atoms with E-state index in [4.69, 9.17) is 0 Å². The van der Waals surface area contributed by atoms with Gasteiger partial charge in [0, 0.05) is 6.42 Å². The van der Waals surface area contributed by atoms with Gasteiger partial charge >= 0.3 is 0 Å². The van der Waals surface area contributed by atoms with Gasteiger partial charge < -0.3 is 5.11 Å². The zero-order valence-corrected chi connectivity index (χ0v) is 10.9. The van der Waals surface area contributed by atoms with Crippen molar-refractivity contribution in [1.82, 2.24) is 0 Å². The van der Waals surface area contributed by atoms with Gasteiger partial charge in [0.2, 0.25) is 0 Å². The maximum atomic E-state index is 13.6. The second-order valence-electron chi connectivity index (χ2n) is 5.97. The van der Waals surface area contributed by atoms with Crippen molar-refractivity contribution >= 4 is 0 Å². The van der Waals surface area contributed by atoms with E-state index >= 15 is 0 Å². The van der Waals surface area contributed by atoms with Crippen molar-refractivity contribution in [3.63, 3.8) is 0 Å². The van der Waals surface area contributed by atoms with Gasteiger partial charge in [0.05, 0.1) is 5.60 Å². The molecule has 2 rings (SSSR count). The Hall–Kier alpha value is -0.960. The highest BCUT2D eigenvalue weighted by Gasteiger charge is 2.36. The van der Waals surface area contributed by atoms with Crippen molar-refractivity contribution in [2.75, 3.05) is 0 Å². The summed E-state index contributed by atoms with van der Waals surface area (Å²) in [4.78, 5) is 0. The summed E-state index contributed by atoms with van der Waals surface area (Å²) >= 11 is 0. The summed E-state index contributed by atoms with van der Waals surface area (Å²) in [5, 5.41) is 10.6. The molecule has 18 heavy (non-hydrogen) atoms. The second-order valence-corrected chi connectivity index (χ2v) is 5.97. The molecule has 1 nitrogen and oxygen atoms in total. The van der Waals surface area contributed by atoms with Gasteiger partial charge in [0.25, 0.3) is 0 Å². The fourth-order valence-electron chi connectivity index (χ4n) is 3.42. The first kappa shape index (κ1) is 13.5. The lowest BCUT2D eigenvalue weighted by molar-refractivity contribution is -0.0311. The van der Waals surface area contributed by atoms with Crippen LogP contribution < -0.4 is 0 Å². The average Bonchev–Trinajstić information content (AvgIpc) is 2.22. The van der Waals surface area contributed by atoms with E-state index in [2.05, 4.69) is 13.8 Å². The fraction of sp³-hybridized carbons (Fsp3) is 0.600. The van der Waals surface area contributed by atoms with Crippen LogP contribution >= 0.6 is 0 Å². The van der Waals surface area contributed by atoms with Crippen molar-refractivity contribution in [2.24, 2.45) is 11.8 Å². The first-order valence-electron chi connectivity index (χ1n) is 6.55. The molecule has 1 fully saturated rings. The molecule has 0 heterocycles. The highest BCUT2D eigenvalue weighted by atomic mass is 19.2. The molecule has 0 aromatic heterocycles. The quantitative estimate of drug-likeness (QED) is 0.853. The Labute approximate surface area is 107 Å². The molecule has 1 N–H and O–H groups in total. The maximum absolute atomic E-state index is 13.6. The van der Waals surface area contributed by atoms with Gasteiger partial charge in [0.1, 0.15) is 0 Å². The van der Waals surface area contributed by atoms with Crippen LogP contribution in [0, 0.1) is 23.5 Å². The fourth-order valence-corrected chi connectivity index (χ4v) is 3.42. The third-order valence-electron chi connectivity index (χ3n) is 3.81. The number of aliphatic hydroxyl groups is 1. The van der Waals surface area contributed by atoms with Gasteiger partial charge in [-0.25, -0.2) is 8.78 Å². The Kier molecular flexibility index (Phi) is 3.71. The molecule has 0 saturated heterocycles. The van der Waals surface area contributed by atoms with E-state index in [9.17, 15) is 13.9 Å². The minimum absolute atomic E-state index is 0.200. The smallest absolute Gasteiger partial charge is 0.162 e. The van der Waals surface area contributed by atoms with Crippen molar-refractivity contribution in [2.45, 2.75) is 45.1 Å². The van der Waals surface area contributed by atoms with Gasteiger partial charge in [-0.15, -0.1) is 0 Å². The van der Waals surface area contributed by atoms with Gasteiger partial charge in [0.15, 0.2) is 11.6 Å². The molecule has 0 amide bonds. The van der Waals surface area contributed by atoms with Crippen LogP contribution in [0.5, 0.6) is 0 Å². The van der Waals surface area contributed by atoms with Crippen molar-refractivity contribution in [3.05, 3.63) is 35.4 Å². The van der Waals surface area contributed by atoms with Crippen LogP contribution in [0.25, 0.3) is 0 Å². The molecule has 1 saturated carbocycles. The van der Waals surface area contributed by atoms with E-state index < -0.39 is 17.2 Å². The molecule has 2 atom stereocenters. The Morgan fingerprint density at radius 2 is 1.83 bits per heavy atom. The summed E-state index contributed by atoms with van der Waals surface area (Å²) in [7, 11) is 0. The van der Waals surface area contributed by atoms with Crippen molar-refractivity contribution in [1.29, 1.82) is 0 Å². The van der Waals surface area contributed by atoms with Gasteiger partial charge in [-0.3, -0.25) is 0 Å².